The number of non-ortho nitro benzene ring substituents is 1. The summed E-state index contributed by atoms with van der Waals surface area (Å²) in [7, 11) is 0. The molecule has 0 bridgehead atoms. The van der Waals surface area contributed by atoms with Gasteiger partial charge >= 0.3 is 0 Å². The minimum absolute atomic E-state index is 0.246. The molecule has 114 valence electrons. The number of aromatic nitrogens is 3. The van der Waals surface area contributed by atoms with E-state index in [9.17, 15) is 14.5 Å². The van der Waals surface area contributed by atoms with Crippen LogP contribution in [-0.2, 0) is 0 Å². The van der Waals surface area contributed by atoms with Crippen molar-refractivity contribution in [2.75, 3.05) is 0 Å². The summed E-state index contributed by atoms with van der Waals surface area (Å²) >= 11 is 1.19. The van der Waals surface area contributed by atoms with Crippen LogP contribution in [-0.4, -0.2) is 19.7 Å². The van der Waals surface area contributed by atoms with Crippen molar-refractivity contribution >= 4 is 17.4 Å². The number of halogens is 1. The maximum Gasteiger partial charge on any atom is 0.272 e. The zero-order valence-electron chi connectivity index (χ0n) is 11.6. The minimum Gasteiger partial charge on any atom is -0.302 e. The third kappa shape index (κ3) is 2.47. The standard InChI is InChI=1S/C14H13FN4O2S/c15-11-7-10(19(20)21)5-6-12(11)22-14-17-16-13(8-1-2-8)18(14)9-3-4-9/h5-9H,1-4H2. The predicted molar refractivity (Wildman–Crippen MR) is 77.4 cm³/mol. The summed E-state index contributed by atoms with van der Waals surface area (Å²) in [4.78, 5) is 10.4. The third-order valence-corrected chi connectivity index (χ3v) is 4.88. The van der Waals surface area contributed by atoms with Crippen molar-refractivity contribution in [3.05, 3.63) is 40.0 Å². The normalized spacial score (nSPS) is 17.7. The largest absolute Gasteiger partial charge is 0.302 e. The molecule has 8 heteroatoms. The van der Waals surface area contributed by atoms with Gasteiger partial charge in [-0.25, -0.2) is 4.39 Å². The van der Waals surface area contributed by atoms with Crippen LogP contribution in [0.3, 0.4) is 0 Å². The number of benzene rings is 1. The molecule has 2 aromatic rings. The monoisotopic (exact) mass is 320 g/mol. The smallest absolute Gasteiger partial charge is 0.272 e. The molecule has 0 radical (unpaired) electrons. The van der Waals surface area contributed by atoms with Crippen molar-refractivity contribution < 1.29 is 9.31 Å². The molecule has 1 aromatic heterocycles. The Morgan fingerprint density at radius 3 is 2.64 bits per heavy atom. The molecule has 0 spiro atoms. The summed E-state index contributed by atoms with van der Waals surface area (Å²) in [6.45, 7) is 0. The minimum atomic E-state index is -0.602. The van der Waals surface area contributed by atoms with E-state index in [1.807, 2.05) is 0 Å². The van der Waals surface area contributed by atoms with Crippen molar-refractivity contribution in [2.45, 2.75) is 47.7 Å². The van der Waals surface area contributed by atoms with Gasteiger partial charge < -0.3 is 4.57 Å². The first-order chi connectivity index (χ1) is 10.6. The summed E-state index contributed by atoms with van der Waals surface area (Å²) in [6, 6.07) is 4.11. The van der Waals surface area contributed by atoms with Crippen molar-refractivity contribution in [3.63, 3.8) is 0 Å². The van der Waals surface area contributed by atoms with Crippen molar-refractivity contribution in [2.24, 2.45) is 0 Å². The molecule has 0 amide bonds. The number of hydrogen-bond acceptors (Lipinski definition) is 5. The summed E-state index contributed by atoms with van der Waals surface area (Å²) in [5.41, 5.74) is -0.246. The molecule has 0 aliphatic heterocycles. The first kappa shape index (κ1) is 13.7. The fraction of sp³-hybridized carbons (Fsp3) is 0.429. The predicted octanol–water partition coefficient (Wildman–Crippen LogP) is 3.69. The molecule has 6 nitrogen and oxygen atoms in total. The number of hydrogen-bond donors (Lipinski definition) is 0. The third-order valence-electron chi connectivity index (χ3n) is 3.87. The SMILES string of the molecule is O=[N+]([O-])c1ccc(Sc2nnc(C3CC3)n2C2CC2)c(F)c1. The van der Waals surface area contributed by atoms with E-state index in [0.717, 1.165) is 37.6 Å². The van der Waals surface area contributed by atoms with Gasteiger partial charge in [0.05, 0.1) is 15.9 Å². The molecular weight excluding hydrogens is 307 g/mol. The van der Waals surface area contributed by atoms with Crippen molar-refractivity contribution in [1.82, 2.24) is 14.8 Å². The van der Waals surface area contributed by atoms with E-state index >= 15 is 0 Å². The average molecular weight is 320 g/mol. The Hall–Kier alpha value is -1.96. The Balaban J connectivity index is 1.65. The number of nitrogens with zero attached hydrogens (tertiary/aromatic N) is 4. The molecule has 2 aliphatic carbocycles. The zero-order chi connectivity index (χ0) is 15.3. The highest BCUT2D eigenvalue weighted by Gasteiger charge is 2.36. The molecule has 1 aromatic carbocycles. The molecule has 2 aliphatic rings. The van der Waals surface area contributed by atoms with Gasteiger partial charge in [0.25, 0.3) is 5.69 Å². The molecule has 0 unspecified atom stereocenters. The highest BCUT2D eigenvalue weighted by molar-refractivity contribution is 7.99. The Morgan fingerprint density at radius 2 is 2.05 bits per heavy atom. The van der Waals surface area contributed by atoms with Gasteiger partial charge in [-0.15, -0.1) is 10.2 Å². The molecule has 22 heavy (non-hydrogen) atoms. The van der Waals surface area contributed by atoms with Gasteiger partial charge in [-0.05, 0) is 43.5 Å². The Bertz CT molecular complexity index is 755. The van der Waals surface area contributed by atoms with Crippen molar-refractivity contribution in [1.29, 1.82) is 0 Å². The van der Waals surface area contributed by atoms with E-state index < -0.39 is 10.7 Å². The first-order valence-corrected chi connectivity index (χ1v) is 8.01. The fourth-order valence-corrected chi connectivity index (χ4v) is 3.35. The van der Waals surface area contributed by atoms with E-state index in [1.165, 1.54) is 23.9 Å². The van der Waals surface area contributed by atoms with Gasteiger partial charge in [0.2, 0.25) is 0 Å². The van der Waals surface area contributed by atoms with Gasteiger partial charge in [0.1, 0.15) is 11.6 Å². The average Bonchev–Trinajstić information content (AvgIpc) is 3.40. The van der Waals surface area contributed by atoms with E-state index in [-0.39, 0.29) is 5.69 Å². The molecular formula is C14H13FN4O2S. The lowest BCUT2D eigenvalue weighted by Crippen LogP contribution is -2.02. The number of rotatable bonds is 5. The second-order valence-electron chi connectivity index (χ2n) is 5.69. The van der Waals surface area contributed by atoms with E-state index in [0.29, 0.717) is 22.0 Å². The van der Waals surface area contributed by atoms with Crippen LogP contribution in [0.1, 0.15) is 43.5 Å². The maximum atomic E-state index is 14.0. The molecule has 0 N–H and O–H groups in total. The molecule has 0 atom stereocenters. The molecule has 1 heterocycles. The fourth-order valence-electron chi connectivity index (χ4n) is 2.44. The second-order valence-corrected chi connectivity index (χ2v) is 6.70. The van der Waals surface area contributed by atoms with Crippen LogP contribution in [0.2, 0.25) is 0 Å². The summed E-state index contributed by atoms with van der Waals surface area (Å²) < 4.78 is 16.2. The molecule has 2 saturated carbocycles. The number of nitro benzene ring substituents is 1. The van der Waals surface area contributed by atoms with Crippen LogP contribution in [0.25, 0.3) is 0 Å². The quantitative estimate of drug-likeness (QED) is 0.620. The van der Waals surface area contributed by atoms with Crippen LogP contribution < -0.4 is 0 Å². The van der Waals surface area contributed by atoms with Crippen LogP contribution in [0.5, 0.6) is 0 Å². The zero-order valence-corrected chi connectivity index (χ0v) is 12.4. The van der Waals surface area contributed by atoms with Gasteiger partial charge in [-0.1, -0.05) is 0 Å². The maximum absolute atomic E-state index is 14.0. The topological polar surface area (TPSA) is 73.8 Å². The highest BCUT2D eigenvalue weighted by atomic mass is 32.2. The van der Waals surface area contributed by atoms with Gasteiger partial charge in [0, 0.05) is 18.0 Å². The molecule has 0 saturated heterocycles. The van der Waals surface area contributed by atoms with Gasteiger partial charge in [-0.2, -0.15) is 0 Å². The van der Waals surface area contributed by atoms with Crippen LogP contribution in [0.15, 0.2) is 28.3 Å². The first-order valence-electron chi connectivity index (χ1n) is 7.20. The second kappa shape index (κ2) is 5.05. The summed E-state index contributed by atoms with van der Waals surface area (Å²) in [6.07, 6.45) is 4.49. The van der Waals surface area contributed by atoms with Crippen molar-refractivity contribution in [3.8, 4) is 0 Å². The lowest BCUT2D eigenvalue weighted by molar-refractivity contribution is -0.385. The Morgan fingerprint density at radius 1 is 1.27 bits per heavy atom. The summed E-state index contributed by atoms with van der Waals surface area (Å²) in [5, 5.41) is 19.8. The van der Waals surface area contributed by atoms with Gasteiger partial charge in [-0.3, -0.25) is 10.1 Å². The Kier molecular flexibility index (Phi) is 3.14. The van der Waals surface area contributed by atoms with E-state index in [4.69, 9.17) is 0 Å². The van der Waals surface area contributed by atoms with Gasteiger partial charge in [0.15, 0.2) is 5.16 Å². The summed E-state index contributed by atoms with van der Waals surface area (Å²) in [5.74, 6) is 0.897. The Labute approximate surface area is 129 Å². The molecule has 4 rings (SSSR count). The van der Waals surface area contributed by atoms with Crippen LogP contribution in [0.4, 0.5) is 10.1 Å². The lowest BCUT2D eigenvalue weighted by atomic mass is 10.3. The molecule has 2 fully saturated rings. The van der Waals surface area contributed by atoms with E-state index in [1.54, 1.807) is 0 Å². The number of nitro groups is 1. The highest BCUT2D eigenvalue weighted by Crippen LogP contribution is 2.46. The lowest BCUT2D eigenvalue weighted by Gasteiger charge is -2.08. The van der Waals surface area contributed by atoms with E-state index in [2.05, 4.69) is 14.8 Å². The van der Waals surface area contributed by atoms with Crippen LogP contribution in [0, 0.1) is 15.9 Å². The van der Waals surface area contributed by atoms with Crippen LogP contribution >= 0.6 is 11.8 Å².